The van der Waals surface area contributed by atoms with Gasteiger partial charge >= 0.3 is 0 Å². The Hall–Kier alpha value is -2.38. The molecule has 2 aliphatic rings. The minimum Gasteiger partial charge on any atom is -0.356 e. The monoisotopic (exact) mass is 371 g/mol. The lowest BCUT2D eigenvalue weighted by atomic mass is 10.1. The summed E-state index contributed by atoms with van der Waals surface area (Å²) in [6, 6.07) is 12.0. The second-order valence-electron chi connectivity index (χ2n) is 6.97. The molecule has 2 aromatic carbocycles. The van der Waals surface area contributed by atoms with Gasteiger partial charge < -0.3 is 10.2 Å². The average molecular weight is 371 g/mol. The lowest BCUT2D eigenvalue weighted by molar-refractivity contribution is -0.117. The van der Waals surface area contributed by atoms with Crippen molar-refractivity contribution in [3.8, 4) is 0 Å². The summed E-state index contributed by atoms with van der Waals surface area (Å²) < 4.78 is 28.3. The molecule has 0 bridgehead atoms. The summed E-state index contributed by atoms with van der Waals surface area (Å²) in [4.78, 5) is 14.6. The predicted octanol–water partition coefficient (Wildman–Crippen LogP) is 2.18. The smallest absolute Gasteiger partial charge is 0.247 e. The van der Waals surface area contributed by atoms with E-state index in [-0.39, 0.29) is 22.9 Å². The van der Waals surface area contributed by atoms with Crippen molar-refractivity contribution < 1.29 is 13.2 Å². The number of sulfonamides is 1. The molecule has 2 N–H and O–H groups in total. The molecule has 1 amide bonds. The van der Waals surface area contributed by atoms with Crippen molar-refractivity contribution in [2.45, 2.75) is 37.2 Å². The fourth-order valence-electron chi connectivity index (χ4n) is 3.65. The molecule has 1 saturated heterocycles. The fraction of sp³-hybridized carbons (Fsp3) is 0.316. The number of hydrogen-bond donors (Lipinski definition) is 2. The molecule has 0 aliphatic carbocycles. The highest BCUT2D eigenvalue weighted by molar-refractivity contribution is 7.89. The lowest BCUT2D eigenvalue weighted by Crippen LogP contribution is -2.44. The molecule has 2 aromatic rings. The molecule has 0 spiro atoms. The number of benzene rings is 2. The van der Waals surface area contributed by atoms with Crippen molar-refractivity contribution in [2.75, 3.05) is 16.8 Å². The molecule has 2 aliphatic heterocycles. The minimum absolute atomic E-state index is 0.0865. The highest BCUT2D eigenvalue weighted by atomic mass is 32.2. The molecule has 4 rings (SSSR count). The number of hydrogen-bond acceptors (Lipinski definition) is 4. The zero-order valence-corrected chi connectivity index (χ0v) is 15.5. The van der Waals surface area contributed by atoms with Gasteiger partial charge in [0.25, 0.3) is 0 Å². The van der Waals surface area contributed by atoms with E-state index in [2.05, 4.69) is 10.0 Å². The third kappa shape index (κ3) is 2.87. The summed E-state index contributed by atoms with van der Waals surface area (Å²) in [5.74, 6) is -0.0865. The summed E-state index contributed by atoms with van der Waals surface area (Å²) in [7, 11) is -3.63. The van der Waals surface area contributed by atoms with Gasteiger partial charge in [0, 0.05) is 12.6 Å². The van der Waals surface area contributed by atoms with Crippen LogP contribution >= 0.6 is 0 Å². The van der Waals surface area contributed by atoms with E-state index in [1.807, 2.05) is 49.1 Å². The molecule has 136 valence electrons. The number of aryl methyl sites for hydroxylation is 2. The number of fused-ring (bicyclic) bond motifs is 3. The minimum atomic E-state index is -3.63. The predicted molar refractivity (Wildman–Crippen MR) is 101 cm³/mol. The largest absolute Gasteiger partial charge is 0.356 e. The third-order valence-corrected chi connectivity index (χ3v) is 6.70. The van der Waals surface area contributed by atoms with Gasteiger partial charge in [-0.05, 0) is 55.7 Å². The van der Waals surface area contributed by atoms with Crippen molar-refractivity contribution in [1.29, 1.82) is 0 Å². The second-order valence-corrected chi connectivity index (χ2v) is 8.69. The molecule has 0 aromatic heterocycles. The van der Waals surface area contributed by atoms with Crippen LogP contribution in [0, 0.1) is 13.8 Å². The quantitative estimate of drug-likeness (QED) is 0.867. The van der Waals surface area contributed by atoms with Gasteiger partial charge in [-0.1, -0.05) is 18.2 Å². The van der Waals surface area contributed by atoms with Gasteiger partial charge in [0.15, 0.2) is 0 Å². The van der Waals surface area contributed by atoms with E-state index in [1.165, 1.54) is 0 Å². The van der Waals surface area contributed by atoms with Crippen molar-refractivity contribution >= 4 is 27.3 Å². The van der Waals surface area contributed by atoms with E-state index in [4.69, 9.17) is 0 Å². The van der Waals surface area contributed by atoms with E-state index in [9.17, 15) is 13.2 Å². The standard InChI is InChI=1S/C19H21N3O3S/c1-12-7-8-15(9-13(12)2)26(24,25)21-14-10-18-19(23)20-16-5-3-4-6-17(16)22(18)11-14/h3-9,14,18,21H,10-11H2,1-2H3,(H,20,23). The maximum Gasteiger partial charge on any atom is 0.247 e. The Morgan fingerprint density at radius 1 is 1.12 bits per heavy atom. The zero-order chi connectivity index (χ0) is 18.5. The van der Waals surface area contributed by atoms with Gasteiger partial charge in [-0.25, -0.2) is 13.1 Å². The molecule has 2 heterocycles. The van der Waals surface area contributed by atoms with E-state index in [0.29, 0.717) is 13.0 Å². The van der Waals surface area contributed by atoms with Crippen LogP contribution in [0.2, 0.25) is 0 Å². The first-order valence-corrected chi connectivity index (χ1v) is 10.1. The summed E-state index contributed by atoms with van der Waals surface area (Å²) in [5, 5.41) is 2.90. The number of carbonyl (C=O) groups is 1. The van der Waals surface area contributed by atoms with Gasteiger partial charge in [-0.15, -0.1) is 0 Å². The van der Waals surface area contributed by atoms with Crippen molar-refractivity contribution in [1.82, 2.24) is 4.72 Å². The van der Waals surface area contributed by atoms with Crippen LogP contribution in [0.15, 0.2) is 47.4 Å². The molecular formula is C19H21N3O3S. The molecule has 2 atom stereocenters. The number of nitrogens with zero attached hydrogens (tertiary/aromatic N) is 1. The fourth-order valence-corrected chi connectivity index (χ4v) is 4.98. The Kier molecular flexibility index (Phi) is 4.00. The second kappa shape index (κ2) is 6.10. The Morgan fingerprint density at radius 3 is 2.65 bits per heavy atom. The summed E-state index contributed by atoms with van der Waals surface area (Å²) in [5.41, 5.74) is 3.69. The van der Waals surface area contributed by atoms with Crippen LogP contribution in [0.4, 0.5) is 11.4 Å². The van der Waals surface area contributed by atoms with Crippen LogP contribution in [-0.4, -0.2) is 33.0 Å². The molecular weight excluding hydrogens is 350 g/mol. The van der Waals surface area contributed by atoms with Gasteiger partial charge in [0.2, 0.25) is 15.9 Å². The van der Waals surface area contributed by atoms with Crippen LogP contribution in [0.5, 0.6) is 0 Å². The van der Waals surface area contributed by atoms with Crippen molar-refractivity contribution in [2.24, 2.45) is 0 Å². The molecule has 6 nitrogen and oxygen atoms in total. The maximum atomic E-state index is 12.8. The van der Waals surface area contributed by atoms with Gasteiger partial charge in [0.05, 0.1) is 16.3 Å². The van der Waals surface area contributed by atoms with Crippen LogP contribution in [0.1, 0.15) is 17.5 Å². The molecule has 7 heteroatoms. The molecule has 1 fully saturated rings. The van der Waals surface area contributed by atoms with Crippen LogP contribution in [0.25, 0.3) is 0 Å². The van der Waals surface area contributed by atoms with E-state index in [1.54, 1.807) is 12.1 Å². The Bertz CT molecular complexity index is 987. The van der Waals surface area contributed by atoms with Gasteiger partial charge in [0.1, 0.15) is 6.04 Å². The molecule has 2 unspecified atom stereocenters. The zero-order valence-electron chi connectivity index (χ0n) is 14.7. The Morgan fingerprint density at radius 2 is 1.88 bits per heavy atom. The van der Waals surface area contributed by atoms with Gasteiger partial charge in [-0.3, -0.25) is 4.79 Å². The SMILES string of the molecule is Cc1ccc(S(=O)(=O)NC2CC3C(=O)Nc4ccccc4N3C2)cc1C. The van der Waals surface area contributed by atoms with Crippen LogP contribution in [-0.2, 0) is 14.8 Å². The van der Waals surface area contributed by atoms with E-state index >= 15 is 0 Å². The van der Waals surface area contributed by atoms with Crippen LogP contribution < -0.4 is 14.9 Å². The van der Waals surface area contributed by atoms with Crippen molar-refractivity contribution in [3.63, 3.8) is 0 Å². The van der Waals surface area contributed by atoms with Crippen molar-refractivity contribution in [3.05, 3.63) is 53.6 Å². The number of carbonyl (C=O) groups excluding carboxylic acids is 1. The van der Waals surface area contributed by atoms with E-state index < -0.39 is 10.0 Å². The molecule has 0 saturated carbocycles. The summed E-state index contributed by atoms with van der Waals surface area (Å²) in [6.45, 7) is 4.31. The number of amides is 1. The number of anilines is 2. The first-order chi connectivity index (χ1) is 12.3. The highest BCUT2D eigenvalue weighted by Crippen LogP contribution is 2.36. The van der Waals surface area contributed by atoms with Crippen LogP contribution in [0.3, 0.4) is 0 Å². The Labute approximate surface area is 153 Å². The summed E-state index contributed by atoms with van der Waals surface area (Å²) >= 11 is 0. The summed E-state index contributed by atoms with van der Waals surface area (Å²) in [6.07, 6.45) is 0.449. The van der Waals surface area contributed by atoms with Gasteiger partial charge in [-0.2, -0.15) is 0 Å². The first kappa shape index (κ1) is 17.1. The Balaban J connectivity index is 1.57. The number of rotatable bonds is 3. The molecule has 26 heavy (non-hydrogen) atoms. The maximum absolute atomic E-state index is 12.8. The number of para-hydroxylation sites is 2. The topological polar surface area (TPSA) is 78.5 Å². The lowest BCUT2D eigenvalue weighted by Gasteiger charge is -2.32. The first-order valence-electron chi connectivity index (χ1n) is 8.61. The normalized spacial score (nSPS) is 21.9. The highest BCUT2D eigenvalue weighted by Gasteiger charge is 2.42. The molecule has 0 radical (unpaired) electrons. The number of nitrogens with one attached hydrogen (secondary N) is 2. The average Bonchev–Trinajstić information content (AvgIpc) is 3.01. The van der Waals surface area contributed by atoms with E-state index in [0.717, 1.165) is 22.5 Å². The third-order valence-electron chi connectivity index (χ3n) is 5.19.